The zero-order valence-electron chi connectivity index (χ0n) is 19.2. The van der Waals surface area contributed by atoms with Crippen molar-refractivity contribution < 1.29 is 14.3 Å². The number of hydrogen-bond donors (Lipinski definition) is 1. The summed E-state index contributed by atoms with van der Waals surface area (Å²) in [5.74, 6) is 1.88. The number of nitrogens with zero attached hydrogens (tertiary/aromatic N) is 1. The molecule has 1 aliphatic carbocycles. The number of hydrogen-bond acceptors (Lipinski definition) is 4. The Morgan fingerprint density at radius 3 is 2.09 bits per heavy atom. The van der Waals surface area contributed by atoms with E-state index in [1.165, 1.54) is 16.7 Å². The average molecular weight is 443 g/mol. The summed E-state index contributed by atoms with van der Waals surface area (Å²) in [4.78, 5) is 16.4. The molecule has 2 aromatic carbocycles. The van der Waals surface area contributed by atoms with Crippen LogP contribution in [0, 0.1) is 5.92 Å². The van der Waals surface area contributed by atoms with Gasteiger partial charge in [-0.2, -0.15) is 0 Å². The van der Waals surface area contributed by atoms with Gasteiger partial charge in [-0.3, -0.25) is 9.78 Å². The Morgan fingerprint density at radius 2 is 1.55 bits per heavy atom. The molecule has 1 aromatic heterocycles. The number of amides is 1. The van der Waals surface area contributed by atoms with Gasteiger partial charge in [0, 0.05) is 24.4 Å². The standard InChI is InChI=1S/C28H30N2O3/c1-32-25-10-5-22(6-11-25)28(23-7-12-26(33-2)13-8-23)20-24(28)9-14-27(31)30-17-3-4-21-15-18-29-19-16-21/h5-16,18-19,24H,3-4,17,20H2,1-2H3,(H,30,31)/t24-/m1/s1. The predicted molar refractivity (Wildman–Crippen MR) is 130 cm³/mol. The number of benzene rings is 2. The predicted octanol–water partition coefficient (Wildman–Crippen LogP) is 4.71. The van der Waals surface area contributed by atoms with Gasteiger partial charge in [-0.15, -0.1) is 0 Å². The number of rotatable bonds is 10. The van der Waals surface area contributed by atoms with Crippen LogP contribution in [-0.4, -0.2) is 31.7 Å². The van der Waals surface area contributed by atoms with Gasteiger partial charge >= 0.3 is 0 Å². The van der Waals surface area contributed by atoms with Gasteiger partial charge in [-0.1, -0.05) is 30.3 Å². The van der Waals surface area contributed by atoms with E-state index in [1.54, 1.807) is 32.7 Å². The molecular formula is C28H30N2O3. The third kappa shape index (κ3) is 5.25. The minimum absolute atomic E-state index is 0.0463. The largest absolute Gasteiger partial charge is 0.497 e. The third-order valence-corrected chi connectivity index (χ3v) is 6.40. The second-order valence-corrected chi connectivity index (χ2v) is 8.35. The molecule has 1 atom stereocenters. The summed E-state index contributed by atoms with van der Waals surface area (Å²) in [5, 5.41) is 3.00. The van der Waals surface area contributed by atoms with E-state index in [2.05, 4.69) is 34.6 Å². The van der Waals surface area contributed by atoms with E-state index in [0.29, 0.717) is 6.54 Å². The van der Waals surface area contributed by atoms with E-state index in [-0.39, 0.29) is 17.2 Å². The number of nitrogens with one attached hydrogen (secondary N) is 1. The molecule has 5 heteroatoms. The fraction of sp³-hybridized carbons (Fsp3) is 0.286. The maximum absolute atomic E-state index is 12.4. The Morgan fingerprint density at radius 1 is 0.970 bits per heavy atom. The van der Waals surface area contributed by atoms with Crippen LogP contribution in [0.15, 0.2) is 85.2 Å². The molecule has 0 spiro atoms. The molecular weight excluding hydrogens is 412 g/mol. The normalized spacial score (nSPS) is 16.4. The molecule has 1 heterocycles. The minimum atomic E-state index is -0.142. The van der Waals surface area contributed by atoms with Crippen molar-refractivity contribution in [3.8, 4) is 11.5 Å². The van der Waals surface area contributed by atoms with Gasteiger partial charge in [-0.05, 0) is 84.3 Å². The van der Waals surface area contributed by atoms with E-state index in [4.69, 9.17) is 9.47 Å². The number of ether oxygens (including phenoxy) is 2. The van der Waals surface area contributed by atoms with Crippen LogP contribution in [0.1, 0.15) is 29.5 Å². The lowest BCUT2D eigenvalue weighted by Gasteiger charge is -2.19. The van der Waals surface area contributed by atoms with Gasteiger partial charge in [0.25, 0.3) is 0 Å². The molecule has 1 fully saturated rings. The number of aryl methyl sites for hydroxylation is 1. The average Bonchev–Trinajstić information content (AvgIpc) is 3.61. The summed E-state index contributed by atoms with van der Waals surface area (Å²) in [6, 6.07) is 20.5. The Balaban J connectivity index is 1.41. The molecule has 3 aromatic rings. The van der Waals surface area contributed by atoms with E-state index >= 15 is 0 Å². The van der Waals surface area contributed by atoms with E-state index in [9.17, 15) is 4.79 Å². The molecule has 0 unspecified atom stereocenters. The zero-order chi connectivity index (χ0) is 23.1. The number of allylic oxidation sites excluding steroid dienone is 1. The molecule has 1 aliphatic rings. The summed E-state index contributed by atoms with van der Waals surface area (Å²) in [7, 11) is 3.35. The maximum atomic E-state index is 12.4. The van der Waals surface area contributed by atoms with Crippen molar-refractivity contribution in [1.82, 2.24) is 10.3 Å². The lowest BCUT2D eigenvalue weighted by Crippen LogP contribution is -2.22. The fourth-order valence-electron chi connectivity index (χ4n) is 4.44. The van der Waals surface area contributed by atoms with Crippen LogP contribution >= 0.6 is 0 Å². The van der Waals surface area contributed by atoms with Crippen LogP contribution < -0.4 is 14.8 Å². The minimum Gasteiger partial charge on any atom is -0.497 e. The summed E-state index contributed by atoms with van der Waals surface area (Å²) in [6.07, 6.45) is 10.1. The lowest BCUT2D eigenvalue weighted by molar-refractivity contribution is -0.116. The zero-order valence-corrected chi connectivity index (χ0v) is 19.2. The van der Waals surface area contributed by atoms with Crippen molar-refractivity contribution in [2.75, 3.05) is 20.8 Å². The Bertz CT molecular complexity index is 1030. The van der Waals surface area contributed by atoms with Crippen LogP contribution in [0.25, 0.3) is 0 Å². The van der Waals surface area contributed by atoms with Crippen molar-refractivity contribution >= 4 is 5.91 Å². The molecule has 33 heavy (non-hydrogen) atoms. The molecule has 0 aliphatic heterocycles. The molecule has 0 saturated heterocycles. The Kier molecular flexibility index (Phi) is 7.08. The van der Waals surface area contributed by atoms with E-state index in [1.807, 2.05) is 42.5 Å². The lowest BCUT2D eigenvalue weighted by atomic mass is 9.85. The Labute approximate surface area is 195 Å². The highest BCUT2D eigenvalue weighted by Crippen LogP contribution is 2.59. The van der Waals surface area contributed by atoms with Gasteiger partial charge in [0.2, 0.25) is 5.91 Å². The molecule has 5 nitrogen and oxygen atoms in total. The van der Waals surface area contributed by atoms with Crippen LogP contribution in [0.2, 0.25) is 0 Å². The molecule has 1 amide bonds. The first kappa shape index (κ1) is 22.6. The van der Waals surface area contributed by atoms with Crippen molar-refractivity contribution in [1.29, 1.82) is 0 Å². The molecule has 0 bridgehead atoms. The van der Waals surface area contributed by atoms with E-state index < -0.39 is 0 Å². The monoisotopic (exact) mass is 442 g/mol. The van der Waals surface area contributed by atoms with E-state index in [0.717, 1.165) is 30.8 Å². The highest BCUT2D eigenvalue weighted by molar-refractivity contribution is 5.87. The Hall–Kier alpha value is -3.60. The molecule has 0 radical (unpaired) electrons. The summed E-state index contributed by atoms with van der Waals surface area (Å²) in [6.45, 7) is 0.651. The molecule has 170 valence electrons. The van der Waals surface area contributed by atoms with Crippen LogP contribution in [0.5, 0.6) is 11.5 Å². The van der Waals surface area contributed by atoms with Crippen molar-refractivity contribution in [2.45, 2.75) is 24.7 Å². The molecule has 1 N–H and O–H groups in total. The molecule has 1 saturated carbocycles. The quantitative estimate of drug-likeness (QED) is 0.365. The van der Waals surface area contributed by atoms with Gasteiger partial charge in [0.05, 0.1) is 14.2 Å². The number of pyridine rings is 1. The third-order valence-electron chi connectivity index (χ3n) is 6.40. The first-order chi connectivity index (χ1) is 16.2. The van der Waals surface area contributed by atoms with Gasteiger partial charge in [0.15, 0.2) is 0 Å². The second kappa shape index (κ2) is 10.3. The van der Waals surface area contributed by atoms with Crippen molar-refractivity contribution in [2.24, 2.45) is 5.92 Å². The fourth-order valence-corrected chi connectivity index (χ4v) is 4.44. The number of carbonyl (C=O) groups is 1. The number of aromatic nitrogens is 1. The maximum Gasteiger partial charge on any atom is 0.243 e. The smallest absolute Gasteiger partial charge is 0.243 e. The highest BCUT2D eigenvalue weighted by Gasteiger charge is 2.55. The van der Waals surface area contributed by atoms with Crippen molar-refractivity contribution in [3.05, 3.63) is 102 Å². The number of methoxy groups -OCH3 is 2. The van der Waals surface area contributed by atoms with Crippen LogP contribution in [-0.2, 0) is 16.6 Å². The highest BCUT2D eigenvalue weighted by atomic mass is 16.5. The van der Waals surface area contributed by atoms with Gasteiger partial charge in [-0.25, -0.2) is 0 Å². The van der Waals surface area contributed by atoms with Crippen LogP contribution in [0.4, 0.5) is 0 Å². The first-order valence-electron chi connectivity index (χ1n) is 11.3. The summed E-state index contributed by atoms with van der Waals surface area (Å²) < 4.78 is 10.7. The van der Waals surface area contributed by atoms with Gasteiger partial charge in [0.1, 0.15) is 11.5 Å². The van der Waals surface area contributed by atoms with Crippen molar-refractivity contribution in [3.63, 3.8) is 0 Å². The van der Waals surface area contributed by atoms with Crippen LogP contribution in [0.3, 0.4) is 0 Å². The second-order valence-electron chi connectivity index (χ2n) is 8.35. The summed E-state index contributed by atoms with van der Waals surface area (Å²) in [5.41, 5.74) is 3.54. The summed E-state index contributed by atoms with van der Waals surface area (Å²) >= 11 is 0. The number of carbonyl (C=O) groups excluding carboxylic acids is 1. The molecule has 4 rings (SSSR count). The topological polar surface area (TPSA) is 60.5 Å². The first-order valence-corrected chi connectivity index (χ1v) is 11.3. The van der Waals surface area contributed by atoms with Gasteiger partial charge < -0.3 is 14.8 Å². The SMILES string of the molecule is COc1ccc(C2(c3ccc(OC)cc3)C[C@H]2C=CC(=O)NCCCc2ccncc2)cc1.